The molecular weight excluding hydrogens is 308 g/mol. The van der Waals surface area contributed by atoms with Crippen molar-refractivity contribution in [3.63, 3.8) is 0 Å². The van der Waals surface area contributed by atoms with Gasteiger partial charge in [-0.1, -0.05) is 42.5 Å². The molecule has 0 saturated carbocycles. The first-order chi connectivity index (χ1) is 12.2. The highest BCUT2D eigenvalue weighted by molar-refractivity contribution is 5.67. The minimum atomic E-state index is 0.576. The van der Waals surface area contributed by atoms with Gasteiger partial charge in [-0.3, -0.25) is 0 Å². The molecule has 4 nitrogen and oxygen atoms in total. The first kappa shape index (κ1) is 16.7. The van der Waals surface area contributed by atoms with Crippen LogP contribution in [0.15, 0.2) is 67.3 Å². The van der Waals surface area contributed by atoms with Crippen LogP contribution in [0.25, 0.3) is 11.3 Å². The van der Waals surface area contributed by atoms with E-state index in [1.807, 2.05) is 36.4 Å². The summed E-state index contributed by atoms with van der Waals surface area (Å²) in [6.45, 7) is 8.55. The van der Waals surface area contributed by atoms with Gasteiger partial charge in [0.2, 0.25) is 5.95 Å². The van der Waals surface area contributed by atoms with E-state index < -0.39 is 0 Å². The molecule has 0 aliphatic carbocycles. The molecule has 0 radical (unpaired) electrons. The zero-order valence-electron chi connectivity index (χ0n) is 14.6. The lowest BCUT2D eigenvalue weighted by Crippen LogP contribution is -2.06. The molecule has 2 aromatic carbocycles. The molecule has 2 N–H and O–H groups in total. The van der Waals surface area contributed by atoms with Gasteiger partial charge >= 0.3 is 0 Å². The zero-order chi connectivity index (χ0) is 17.6. The smallest absolute Gasteiger partial charge is 0.225 e. The summed E-state index contributed by atoms with van der Waals surface area (Å²) >= 11 is 0. The predicted octanol–water partition coefficient (Wildman–Crippen LogP) is 5.10. The van der Waals surface area contributed by atoms with Gasteiger partial charge in [-0.2, -0.15) is 4.98 Å². The molecule has 0 fully saturated rings. The maximum Gasteiger partial charge on any atom is 0.225 e. The third-order valence-electron chi connectivity index (χ3n) is 3.98. The van der Waals surface area contributed by atoms with Crippen LogP contribution in [0.4, 0.5) is 17.5 Å². The van der Waals surface area contributed by atoms with Crippen molar-refractivity contribution < 1.29 is 0 Å². The van der Waals surface area contributed by atoms with Gasteiger partial charge in [-0.05, 0) is 37.1 Å². The molecule has 3 aromatic rings. The fraction of sp³-hybridized carbons (Fsp3) is 0.143. The van der Waals surface area contributed by atoms with Gasteiger partial charge in [0.1, 0.15) is 5.82 Å². The van der Waals surface area contributed by atoms with E-state index in [1.165, 1.54) is 11.1 Å². The third kappa shape index (κ3) is 4.23. The molecular formula is C21H22N4. The monoisotopic (exact) mass is 330 g/mol. The number of hydrogen-bond donors (Lipinski definition) is 2. The molecule has 126 valence electrons. The van der Waals surface area contributed by atoms with Crippen LogP contribution in [0, 0.1) is 13.8 Å². The highest BCUT2D eigenvalue weighted by atomic mass is 15.1. The van der Waals surface area contributed by atoms with Gasteiger partial charge in [-0.15, -0.1) is 6.58 Å². The zero-order valence-corrected chi connectivity index (χ0v) is 14.6. The lowest BCUT2D eigenvalue weighted by atomic mass is 10.1. The minimum Gasteiger partial charge on any atom is -0.351 e. The van der Waals surface area contributed by atoms with Crippen molar-refractivity contribution in [1.82, 2.24) is 9.97 Å². The van der Waals surface area contributed by atoms with Crippen molar-refractivity contribution in [2.24, 2.45) is 0 Å². The highest BCUT2D eigenvalue weighted by Gasteiger charge is 2.07. The Morgan fingerprint density at radius 3 is 2.48 bits per heavy atom. The summed E-state index contributed by atoms with van der Waals surface area (Å²) in [4.78, 5) is 9.17. The number of aryl methyl sites for hydroxylation is 2. The molecule has 25 heavy (non-hydrogen) atoms. The van der Waals surface area contributed by atoms with Crippen LogP contribution in [0.1, 0.15) is 11.1 Å². The molecule has 3 rings (SSSR count). The first-order valence-electron chi connectivity index (χ1n) is 8.29. The van der Waals surface area contributed by atoms with Gasteiger partial charge < -0.3 is 10.6 Å². The fourth-order valence-corrected chi connectivity index (χ4v) is 2.48. The standard InChI is InChI=1S/C21H22N4/c1-4-12-22-21-24-19(17-8-6-5-7-9-17)14-20(25-21)23-18-11-10-15(2)16(3)13-18/h4-11,13-14H,1,12H2,2-3H3,(H2,22,23,24,25). The Balaban J connectivity index is 1.96. The van der Waals surface area contributed by atoms with E-state index in [1.54, 1.807) is 6.08 Å². The number of aromatic nitrogens is 2. The molecule has 0 aliphatic heterocycles. The van der Waals surface area contributed by atoms with Crippen molar-refractivity contribution >= 4 is 17.5 Å². The lowest BCUT2D eigenvalue weighted by molar-refractivity contribution is 1.12. The Hall–Kier alpha value is -3.14. The number of anilines is 3. The largest absolute Gasteiger partial charge is 0.351 e. The molecule has 0 amide bonds. The average Bonchev–Trinajstić information content (AvgIpc) is 2.63. The summed E-state index contributed by atoms with van der Waals surface area (Å²) in [6, 6.07) is 18.3. The molecule has 0 unspecified atom stereocenters. The second kappa shape index (κ2) is 7.62. The fourth-order valence-electron chi connectivity index (χ4n) is 2.48. The van der Waals surface area contributed by atoms with Crippen LogP contribution in [-0.4, -0.2) is 16.5 Å². The van der Waals surface area contributed by atoms with Crippen molar-refractivity contribution in [3.05, 3.63) is 78.4 Å². The summed E-state index contributed by atoms with van der Waals surface area (Å²) in [5, 5.41) is 6.55. The number of hydrogen-bond acceptors (Lipinski definition) is 4. The molecule has 0 atom stereocenters. The van der Waals surface area contributed by atoms with E-state index in [0.717, 1.165) is 22.8 Å². The summed E-state index contributed by atoms with van der Waals surface area (Å²) in [6.07, 6.45) is 1.79. The summed E-state index contributed by atoms with van der Waals surface area (Å²) in [5.74, 6) is 1.33. The lowest BCUT2D eigenvalue weighted by Gasteiger charge is -2.12. The minimum absolute atomic E-state index is 0.576. The molecule has 0 bridgehead atoms. The van der Waals surface area contributed by atoms with Gasteiger partial charge in [0.05, 0.1) is 5.69 Å². The van der Waals surface area contributed by atoms with E-state index in [9.17, 15) is 0 Å². The van der Waals surface area contributed by atoms with Crippen LogP contribution in [0.2, 0.25) is 0 Å². The Morgan fingerprint density at radius 1 is 0.960 bits per heavy atom. The number of rotatable bonds is 6. The second-order valence-corrected chi connectivity index (χ2v) is 5.92. The summed E-state index contributed by atoms with van der Waals surface area (Å²) in [5.41, 5.74) is 5.44. The third-order valence-corrected chi connectivity index (χ3v) is 3.98. The van der Waals surface area contributed by atoms with Crippen LogP contribution >= 0.6 is 0 Å². The van der Waals surface area contributed by atoms with Crippen LogP contribution in [-0.2, 0) is 0 Å². The summed E-state index contributed by atoms with van der Waals surface area (Å²) in [7, 11) is 0. The van der Waals surface area contributed by atoms with E-state index in [4.69, 9.17) is 0 Å². The average molecular weight is 330 g/mol. The maximum absolute atomic E-state index is 4.60. The molecule has 4 heteroatoms. The number of nitrogens with one attached hydrogen (secondary N) is 2. The van der Waals surface area contributed by atoms with Crippen LogP contribution < -0.4 is 10.6 Å². The second-order valence-electron chi connectivity index (χ2n) is 5.92. The van der Waals surface area contributed by atoms with E-state index >= 15 is 0 Å². The van der Waals surface area contributed by atoms with Crippen molar-refractivity contribution in [2.45, 2.75) is 13.8 Å². The van der Waals surface area contributed by atoms with Crippen molar-refractivity contribution in [3.8, 4) is 11.3 Å². The van der Waals surface area contributed by atoms with Crippen LogP contribution in [0.3, 0.4) is 0 Å². The molecule has 1 heterocycles. The van der Waals surface area contributed by atoms with E-state index in [2.05, 4.69) is 59.2 Å². The molecule has 0 spiro atoms. The Morgan fingerprint density at radius 2 is 1.76 bits per heavy atom. The van der Waals surface area contributed by atoms with Crippen LogP contribution in [0.5, 0.6) is 0 Å². The van der Waals surface area contributed by atoms with Crippen molar-refractivity contribution in [2.75, 3.05) is 17.2 Å². The van der Waals surface area contributed by atoms with E-state index in [-0.39, 0.29) is 0 Å². The number of benzene rings is 2. The first-order valence-corrected chi connectivity index (χ1v) is 8.29. The Bertz CT molecular complexity index is 872. The Labute approximate surface area is 148 Å². The van der Waals surface area contributed by atoms with Crippen molar-refractivity contribution in [1.29, 1.82) is 0 Å². The van der Waals surface area contributed by atoms with Gasteiger partial charge in [0.15, 0.2) is 0 Å². The normalized spacial score (nSPS) is 10.3. The van der Waals surface area contributed by atoms with Gasteiger partial charge in [-0.25, -0.2) is 4.98 Å². The highest BCUT2D eigenvalue weighted by Crippen LogP contribution is 2.24. The quantitative estimate of drug-likeness (QED) is 0.617. The molecule has 1 aromatic heterocycles. The molecule has 0 aliphatic rings. The summed E-state index contributed by atoms with van der Waals surface area (Å²) < 4.78 is 0. The molecule has 0 saturated heterocycles. The van der Waals surface area contributed by atoms with Gasteiger partial charge in [0, 0.05) is 23.9 Å². The SMILES string of the molecule is C=CCNc1nc(Nc2ccc(C)c(C)c2)cc(-c2ccccc2)n1. The Kier molecular flexibility index (Phi) is 5.09. The number of nitrogens with zero attached hydrogens (tertiary/aromatic N) is 2. The topological polar surface area (TPSA) is 49.8 Å². The van der Waals surface area contributed by atoms with Gasteiger partial charge in [0.25, 0.3) is 0 Å². The maximum atomic E-state index is 4.60. The predicted molar refractivity (Wildman–Crippen MR) is 105 cm³/mol. The van der Waals surface area contributed by atoms with E-state index in [0.29, 0.717) is 12.5 Å².